The van der Waals surface area contributed by atoms with Gasteiger partial charge in [-0.05, 0) is 95.7 Å². The molecular formula is C35H45FN4O. The fourth-order valence-electron chi connectivity index (χ4n) is 7.52. The van der Waals surface area contributed by atoms with E-state index in [0.717, 1.165) is 55.2 Å². The van der Waals surface area contributed by atoms with Gasteiger partial charge in [0.25, 0.3) is 5.91 Å². The Morgan fingerprint density at radius 3 is 2.34 bits per heavy atom. The van der Waals surface area contributed by atoms with Gasteiger partial charge in [0.1, 0.15) is 5.82 Å². The van der Waals surface area contributed by atoms with Crippen LogP contribution in [0.1, 0.15) is 87.1 Å². The molecule has 2 aliphatic heterocycles. The van der Waals surface area contributed by atoms with E-state index in [1.807, 2.05) is 30.3 Å². The van der Waals surface area contributed by atoms with E-state index in [-0.39, 0.29) is 17.8 Å². The Bertz CT molecular complexity index is 1340. The summed E-state index contributed by atoms with van der Waals surface area (Å²) in [6.07, 6.45) is 12.3. The highest BCUT2D eigenvalue weighted by atomic mass is 19.1. The van der Waals surface area contributed by atoms with Crippen molar-refractivity contribution in [3.05, 3.63) is 65.5 Å². The molecule has 0 spiro atoms. The van der Waals surface area contributed by atoms with Gasteiger partial charge in [0.2, 0.25) is 0 Å². The van der Waals surface area contributed by atoms with Crippen LogP contribution in [0.5, 0.6) is 0 Å². The summed E-state index contributed by atoms with van der Waals surface area (Å²) in [6.45, 7) is 7.14. The van der Waals surface area contributed by atoms with E-state index in [1.54, 1.807) is 12.1 Å². The summed E-state index contributed by atoms with van der Waals surface area (Å²) >= 11 is 0. The van der Waals surface area contributed by atoms with Crippen LogP contribution in [0.4, 0.5) is 4.39 Å². The first-order valence-electron chi connectivity index (χ1n) is 16.0. The van der Waals surface area contributed by atoms with Crippen LogP contribution in [-0.2, 0) is 6.54 Å². The molecule has 6 heteroatoms. The van der Waals surface area contributed by atoms with Gasteiger partial charge in [-0.2, -0.15) is 0 Å². The third-order valence-electron chi connectivity index (χ3n) is 9.91. The fourth-order valence-corrected chi connectivity index (χ4v) is 7.52. The van der Waals surface area contributed by atoms with Crippen molar-refractivity contribution in [1.29, 1.82) is 0 Å². The Labute approximate surface area is 244 Å². The van der Waals surface area contributed by atoms with Gasteiger partial charge in [0.15, 0.2) is 0 Å². The number of para-hydroxylation sites is 1. The third-order valence-corrected chi connectivity index (χ3v) is 9.91. The van der Waals surface area contributed by atoms with E-state index in [4.69, 9.17) is 4.98 Å². The Morgan fingerprint density at radius 1 is 0.902 bits per heavy atom. The number of benzene rings is 2. The number of carbonyl (C=O) groups is 1. The Kier molecular flexibility index (Phi) is 8.97. The molecule has 3 aliphatic rings. The lowest BCUT2D eigenvalue weighted by atomic mass is 9.84. The lowest BCUT2D eigenvalue weighted by Crippen LogP contribution is -2.46. The van der Waals surface area contributed by atoms with E-state index in [1.165, 1.54) is 57.7 Å². The number of rotatable bonds is 7. The number of likely N-dealkylation sites (tertiary alicyclic amines) is 2. The van der Waals surface area contributed by atoms with Gasteiger partial charge in [-0.1, -0.05) is 56.0 Å². The van der Waals surface area contributed by atoms with Gasteiger partial charge in [-0.25, -0.2) is 9.37 Å². The lowest BCUT2D eigenvalue weighted by Gasteiger charge is -2.40. The van der Waals surface area contributed by atoms with Gasteiger partial charge < -0.3 is 10.2 Å². The number of fused-ring (bicyclic) bond motifs is 1. The average Bonchev–Trinajstić information content (AvgIpc) is 3.02. The molecule has 1 saturated carbocycles. The predicted molar refractivity (Wildman–Crippen MR) is 164 cm³/mol. The molecule has 218 valence electrons. The first-order valence-corrected chi connectivity index (χ1v) is 16.0. The second kappa shape index (κ2) is 13.0. The third kappa shape index (κ3) is 6.34. The summed E-state index contributed by atoms with van der Waals surface area (Å²) in [5, 5.41) is 4.24. The van der Waals surface area contributed by atoms with Gasteiger partial charge >= 0.3 is 0 Å². The second-order valence-corrected chi connectivity index (χ2v) is 12.6. The summed E-state index contributed by atoms with van der Waals surface area (Å²) in [5.74, 6) is 0.142. The molecule has 3 fully saturated rings. The summed E-state index contributed by atoms with van der Waals surface area (Å²) in [7, 11) is 0. The van der Waals surface area contributed by atoms with Crippen LogP contribution in [0.15, 0.2) is 48.5 Å². The number of halogens is 1. The highest BCUT2D eigenvalue weighted by Gasteiger charge is 2.30. The first kappa shape index (κ1) is 28.3. The number of amides is 1. The minimum Gasteiger partial charge on any atom is -0.349 e. The van der Waals surface area contributed by atoms with E-state index < -0.39 is 0 Å². The molecule has 1 N–H and O–H groups in total. The Morgan fingerprint density at radius 2 is 1.59 bits per heavy atom. The predicted octanol–water partition coefficient (Wildman–Crippen LogP) is 7.19. The van der Waals surface area contributed by atoms with Crippen LogP contribution >= 0.6 is 0 Å². The van der Waals surface area contributed by atoms with Crippen molar-refractivity contribution in [3.8, 4) is 11.3 Å². The molecule has 2 aromatic carbocycles. The lowest BCUT2D eigenvalue weighted by molar-refractivity contribution is 0.0878. The highest BCUT2D eigenvalue weighted by Crippen LogP contribution is 2.34. The molecule has 6 rings (SSSR count). The number of nitrogens with zero attached hydrogens (tertiary/aromatic N) is 3. The van der Waals surface area contributed by atoms with Crippen molar-refractivity contribution >= 4 is 16.8 Å². The van der Waals surface area contributed by atoms with Gasteiger partial charge in [-0.3, -0.25) is 9.69 Å². The Hall–Kier alpha value is -2.83. The summed E-state index contributed by atoms with van der Waals surface area (Å²) in [4.78, 5) is 24.4. The monoisotopic (exact) mass is 556 g/mol. The van der Waals surface area contributed by atoms with Crippen molar-refractivity contribution in [2.75, 3.05) is 26.2 Å². The number of carbonyl (C=O) groups excluding carboxylic acids is 1. The maximum Gasteiger partial charge on any atom is 0.252 e. The number of hydrogen-bond acceptors (Lipinski definition) is 4. The average molecular weight is 557 g/mol. The zero-order chi connectivity index (χ0) is 28.2. The molecular weight excluding hydrogens is 511 g/mol. The molecule has 1 aliphatic carbocycles. The molecule has 1 amide bonds. The molecule has 3 aromatic rings. The summed E-state index contributed by atoms with van der Waals surface area (Å²) in [6, 6.07) is 15.5. The quantitative estimate of drug-likeness (QED) is 0.335. The molecule has 0 radical (unpaired) electrons. The molecule has 5 nitrogen and oxygen atoms in total. The fraction of sp³-hybridized carbons (Fsp3) is 0.543. The van der Waals surface area contributed by atoms with E-state index >= 15 is 4.39 Å². The zero-order valence-electron chi connectivity index (χ0n) is 24.6. The maximum absolute atomic E-state index is 15.3. The van der Waals surface area contributed by atoms with Gasteiger partial charge in [0, 0.05) is 35.1 Å². The van der Waals surface area contributed by atoms with Crippen molar-refractivity contribution in [3.63, 3.8) is 0 Å². The zero-order valence-corrected chi connectivity index (χ0v) is 24.6. The smallest absolute Gasteiger partial charge is 0.252 e. The van der Waals surface area contributed by atoms with Crippen LogP contribution in [0, 0.1) is 11.7 Å². The molecule has 0 bridgehead atoms. The van der Waals surface area contributed by atoms with Crippen LogP contribution in [0.25, 0.3) is 22.2 Å². The summed E-state index contributed by atoms with van der Waals surface area (Å²) < 4.78 is 15.3. The topological polar surface area (TPSA) is 48.5 Å². The van der Waals surface area contributed by atoms with Crippen LogP contribution in [0.3, 0.4) is 0 Å². The van der Waals surface area contributed by atoms with Crippen LogP contribution in [0.2, 0.25) is 0 Å². The van der Waals surface area contributed by atoms with Gasteiger partial charge in [-0.15, -0.1) is 0 Å². The van der Waals surface area contributed by atoms with Crippen molar-refractivity contribution < 1.29 is 9.18 Å². The first-order chi connectivity index (χ1) is 20.1. The number of hydrogen-bond donors (Lipinski definition) is 1. The number of aromatic nitrogens is 1. The molecule has 41 heavy (non-hydrogen) atoms. The molecule has 0 unspecified atom stereocenters. The van der Waals surface area contributed by atoms with Crippen molar-refractivity contribution in [2.24, 2.45) is 5.92 Å². The highest BCUT2D eigenvalue weighted by molar-refractivity contribution is 6.09. The molecule has 1 aromatic heterocycles. The minimum absolute atomic E-state index is 0.0579. The van der Waals surface area contributed by atoms with E-state index in [9.17, 15) is 4.79 Å². The standard InChI is InChI=1S/C35H45FN4O/c1-25(26-12-4-2-5-13-26)37-35(41)33-29-15-7-9-17-32(29)38-34(28-14-6-8-16-31(28)36)30(33)24-39-22-18-27(19-23-39)40-20-10-3-11-21-40/h6-9,14-17,25-27H,2-5,10-13,18-24H2,1H3,(H,37,41)/t25-/m0/s1. The molecule has 2 saturated heterocycles. The minimum atomic E-state index is -0.303. The van der Waals surface area contributed by atoms with E-state index in [0.29, 0.717) is 35.3 Å². The normalized spacial score (nSPS) is 20.7. The molecule has 1 atom stereocenters. The van der Waals surface area contributed by atoms with Crippen LogP contribution in [-0.4, -0.2) is 59.0 Å². The van der Waals surface area contributed by atoms with E-state index in [2.05, 4.69) is 22.0 Å². The summed E-state index contributed by atoms with van der Waals surface area (Å²) in [5.41, 5.74) is 3.29. The number of pyridine rings is 1. The largest absolute Gasteiger partial charge is 0.349 e. The maximum atomic E-state index is 15.3. The molecule has 3 heterocycles. The van der Waals surface area contributed by atoms with Crippen LogP contribution < -0.4 is 5.32 Å². The van der Waals surface area contributed by atoms with Crippen molar-refractivity contribution in [1.82, 2.24) is 20.1 Å². The Balaban J connectivity index is 1.35. The number of nitrogens with one attached hydrogen (secondary N) is 1. The van der Waals surface area contributed by atoms with Gasteiger partial charge in [0.05, 0.1) is 16.8 Å². The SMILES string of the molecule is C[C@H](NC(=O)c1c(CN2CCC(N3CCCCC3)CC2)c(-c2ccccc2F)nc2ccccc12)C1CCCCC1. The van der Waals surface area contributed by atoms with Crippen molar-refractivity contribution in [2.45, 2.75) is 89.8 Å². The number of piperidine rings is 2. The second-order valence-electron chi connectivity index (χ2n) is 12.6.